The van der Waals surface area contributed by atoms with Crippen molar-refractivity contribution in [3.8, 4) is 0 Å². The van der Waals surface area contributed by atoms with Crippen LogP contribution < -0.4 is 5.32 Å². The molecule has 1 aliphatic rings. The van der Waals surface area contributed by atoms with Gasteiger partial charge in [-0.25, -0.2) is 4.39 Å². The Morgan fingerprint density at radius 3 is 3.05 bits per heavy atom. The second-order valence-electron chi connectivity index (χ2n) is 5.44. The Labute approximate surface area is 119 Å². The van der Waals surface area contributed by atoms with Crippen LogP contribution in [0.5, 0.6) is 0 Å². The van der Waals surface area contributed by atoms with Gasteiger partial charge in [0, 0.05) is 12.2 Å². The van der Waals surface area contributed by atoms with E-state index in [1.165, 1.54) is 18.1 Å². The first-order valence-corrected chi connectivity index (χ1v) is 7.19. The molecule has 1 aromatic carbocycles. The number of halogens is 1. The van der Waals surface area contributed by atoms with Gasteiger partial charge in [-0.2, -0.15) is 0 Å². The Morgan fingerprint density at radius 2 is 2.20 bits per heavy atom. The molecule has 0 fully saturated rings. The predicted molar refractivity (Wildman–Crippen MR) is 77.9 cm³/mol. The van der Waals surface area contributed by atoms with E-state index in [0.29, 0.717) is 0 Å². The van der Waals surface area contributed by atoms with Crippen LogP contribution >= 0.6 is 0 Å². The summed E-state index contributed by atoms with van der Waals surface area (Å²) in [6.07, 6.45) is 5.22. The molecule has 0 saturated carbocycles. The number of nitrogens with one attached hydrogen (secondary N) is 1. The van der Waals surface area contributed by atoms with E-state index in [2.05, 4.69) is 23.3 Å². The van der Waals surface area contributed by atoms with Crippen LogP contribution in [-0.2, 0) is 6.42 Å². The molecule has 2 atom stereocenters. The molecule has 0 spiro atoms. The van der Waals surface area contributed by atoms with Gasteiger partial charge in [-0.3, -0.25) is 4.98 Å². The van der Waals surface area contributed by atoms with E-state index in [-0.39, 0.29) is 17.9 Å². The van der Waals surface area contributed by atoms with Gasteiger partial charge >= 0.3 is 0 Å². The molecule has 104 valence electrons. The maximum atomic E-state index is 13.3. The third-order valence-electron chi connectivity index (χ3n) is 3.99. The molecule has 0 amide bonds. The highest BCUT2D eigenvalue weighted by Gasteiger charge is 2.22. The van der Waals surface area contributed by atoms with Crippen molar-refractivity contribution in [3.05, 3.63) is 65.2 Å². The second kappa shape index (κ2) is 5.71. The number of nitrogens with zero attached hydrogens (tertiary/aromatic N) is 1. The van der Waals surface area contributed by atoms with Crippen LogP contribution in [0.2, 0.25) is 0 Å². The lowest BCUT2D eigenvalue weighted by molar-refractivity contribution is 0.405. The zero-order chi connectivity index (χ0) is 13.9. The molecule has 2 nitrogen and oxygen atoms in total. The SMILES string of the molecule is C[C@H](NC1CCCc2cccnc21)c1cccc(F)c1. The fourth-order valence-electron chi connectivity index (χ4n) is 2.95. The van der Waals surface area contributed by atoms with Gasteiger partial charge in [-0.15, -0.1) is 0 Å². The molecule has 2 aromatic rings. The summed E-state index contributed by atoms with van der Waals surface area (Å²) < 4.78 is 13.3. The van der Waals surface area contributed by atoms with Crippen LogP contribution in [0.25, 0.3) is 0 Å². The number of fused-ring (bicyclic) bond motifs is 1. The van der Waals surface area contributed by atoms with E-state index < -0.39 is 0 Å². The van der Waals surface area contributed by atoms with Gasteiger partial charge < -0.3 is 5.32 Å². The molecular formula is C17H19FN2. The molecule has 0 radical (unpaired) electrons. The summed E-state index contributed by atoms with van der Waals surface area (Å²) >= 11 is 0. The van der Waals surface area contributed by atoms with Crippen molar-refractivity contribution >= 4 is 0 Å². The highest BCUT2D eigenvalue weighted by molar-refractivity contribution is 5.26. The fraction of sp³-hybridized carbons (Fsp3) is 0.353. The van der Waals surface area contributed by atoms with Crippen LogP contribution in [0.3, 0.4) is 0 Å². The normalized spacial score (nSPS) is 19.4. The Kier molecular flexibility index (Phi) is 3.79. The van der Waals surface area contributed by atoms with Crippen LogP contribution in [0, 0.1) is 5.82 Å². The topological polar surface area (TPSA) is 24.9 Å². The first kappa shape index (κ1) is 13.3. The predicted octanol–water partition coefficient (Wildman–Crippen LogP) is 3.95. The van der Waals surface area contributed by atoms with Crippen molar-refractivity contribution < 1.29 is 4.39 Å². The van der Waals surface area contributed by atoms with Crippen molar-refractivity contribution in [2.45, 2.75) is 38.3 Å². The lowest BCUT2D eigenvalue weighted by Gasteiger charge is -2.28. The molecule has 0 saturated heterocycles. The molecule has 3 heteroatoms. The number of benzene rings is 1. The van der Waals surface area contributed by atoms with Crippen LogP contribution in [0.15, 0.2) is 42.6 Å². The quantitative estimate of drug-likeness (QED) is 0.913. The summed E-state index contributed by atoms with van der Waals surface area (Å²) in [6, 6.07) is 11.3. The first-order valence-electron chi connectivity index (χ1n) is 7.19. The molecule has 1 N–H and O–H groups in total. The molecular weight excluding hydrogens is 251 g/mol. The molecule has 1 aromatic heterocycles. The van der Waals surface area contributed by atoms with Gasteiger partial charge in [0.2, 0.25) is 0 Å². The highest BCUT2D eigenvalue weighted by atomic mass is 19.1. The Balaban J connectivity index is 1.79. The Bertz CT molecular complexity index is 597. The largest absolute Gasteiger partial charge is 0.302 e. The van der Waals surface area contributed by atoms with Gasteiger partial charge in [0.15, 0.2) is 0 Å². The first-order chi connectivity index (χ1) is 9.74. The smallest absolute Gasteiger partial charge is 0.123 e. The van der Waals surface area contributed by atoms with E-state index >= 15 is 0 Å². The van der Waals surface area contributed by atoms with Crippen molar-refractivity contribution in [1.29, 1.82) is 0 Å². The number of hydrogen-bond acceptors (Lipinski definition) is 2. The van der Waals surface area contributed by atoms with Crippen molar-refractivity contribution in [3.63, 3.8) is 0 Å². The van der Waals surface area contributed by atoms with Crippen LogP contribution in [0.1, 0.15) is 48.7 Å². The molecule has 0 aliphatic heterocycles. The fourth-order valence-corrected chi connectivity index (χ4v) is 2.95. The molecule has 20 heavy (non-hydrogen) atoms. The summed E-state index contributed by atoms with van der Waals surface area (Å²) in [7, 11) is 0. The molecule has 3 rings (SSSR count). The minimum Gasteiger partial charge on any atom is -0.302 e. The minimum absolute atomic E-state index is 0.114. The third kappa shape index (κ3) is 2.73. The lowest BCUT2D eigenvalue weighted by Crippen LogP contribution is -2.28. The highest BCUT2D eigenvalue weighted by Crippen LogP contribution is 2.30. The monoisotopic (exact) mass is 270 g/mol. The maximum absolute atomic E-state index is 13.3. The van der Waals surface area contributed by atoms with Gasteiger partial charge in [-0.1, -0.05) is 18.2 Å². The van der Waals surface area contributed by atoms with E-state index in [1.54, 1.807) is 12.1 Å². The van der Waals surface area contributed by atoms with E-state index in [9.17, 15) is 4.39 Å². The van der Waals surface area contributed by atoms with Gasteiger partial charge in [-0.05, 0) is 55.5 Å². The lowest BCUT2D eigenvalue weighted by atomic mass is 9.91. The standard InChI is InChI=1S/C17H19FN2/c1-12(14-6-2-8-15(18)11-14)20-16-9-3-5-13-7-4-10-19-17(13)16/h2,4,6-8,10-12,16,20H,3,5,9H2,1H3/t12-,16?/m0/s1. The Hall–Kier alpha value is -1.74. The number of aromatic nitrogens is 1. The molecule has 1 heterocycles. The van der Waals surface area contributed by atoms with Crippen LogP contribution in [0.4, 0.5) is 4.39 Å². The summed E-state index contributed by atoms with van der Waals surface area (Å²) in [4.78, 5) is 4.53. The molecule has 1 aliphatic carbocycles. The number of rotatable bonds is 3. The van der Waals surface area contributed by atoms with Gasteiger partial charge in [0.1, 0.15) is 5.82 Å². The van der Waals surface area contributed by atoms with E-state index in [4.69, 9.17) is 0 Å². The van der Waals surface area contributed by atoms with Crippen molar-refractivity contribution in [1.82, 2.24) is 10.3 Å². The van der Waals surface area contributed by atoms with E-state index in [0.717, 1.165) is 24.1 Å². The second-order valence-corrected chi connectivity index (χ2v) is 5.44. The molecule has 1 unspecified atom stereocenters. The average Bonchev–Trinajstić information content (AvgIpc) is 2.47. The Morgan fingerprint density at radius 1 is 1.30 bits per heavy atom. The zero-order valence-electron chi connectivity index (χ0n) is 11.6. The maximum Gasteiger partial charge on any atom is 0.123 e. The summed E-state index contributed by atoms with van der Waals surface area (Å²) in [6.45, 7) is 2.08. The zero-order valence-corrected chi connectivity index (χ0v) is 11.6. The number of pyridine rings is 1. The van der Waals surface area contributed by atoms with E-state index in [1.807, 2.05) is 18.3 Å². The summed E-state index contributed by atoms with van der Waals surface area (Å²) in [5, 5.41) is 3.59. The average molecular weight is 270 g/mol. The number of hydrogen-bond donors (Lipinski definition) is 1. The van der Waals surface area contributed by atoms with Gasteiger partial charge in [0.25, 0.3) is 0 Å². The molecule has 0 bridgehead atoms. The third-order valence-corrected chi connectivity index (χ3v) is 3.99. The van der Waals surface area contributed by atoms with Crippen LogP contribution in [-0.4, -0.2) is 4.98 Å². The summed E-state index contributed by atoms with van der Waals surface area (Å²) in [5.74, 6) is -0.182. The van der Waals surface area contributed by atoms with Gasteiger partial charge in [0.05, 0.1) is 11.7 Å². The minimum atomic E-state index is -0.182. The van der Waals surface area contributed by atoms with Crippen molar-refractivity contribution in [2.24, 2.45) is 0 Å². The number of aryl methyl sites for hydroxylation is 1. The summed E-state index contributed by atoms with van der Waals surface area (Å²) in [5.41, 5.74) is 3.47. The van der Waals surface area contributed by atoms with Crippen molar-refractivity contribution in [2.75, 3.05) is 0 Å².